The molecule has 1 aromatic rings. The van der Waals surface area contributed by atoms with Gasteiger partial charge in [-0.15, -0.1) is 0 Å². The van der Waals surface area contributed by atoms with Crippen LogP contribution < -0.4 is 0 Å². The van der Waals surface area contributed by atoms with Gasteiger partial charge in [-0.25, -0.2) is 8.42 Å². The molecule has 1 spiro atoms. The van der Waals surface area contributed by atoms with Crippen LogP contribution in [0.15, 0.2) is 4.90 Å². The second kappa shape index (κ2) is 6.35. The molecule has 2 saturated heterocycles. The van der Waals surface area contributed by atoms with E-state index in [0.29, 0.717) is 29.4 Å². The van der Waals surface area contributed by atoms with Crippen LogP contribution in [0, 0.1) is 24.7 Å². The maximum absolute atomic E-state index is 13.1. The first-order chi connectivity index (χ1) is 11.5. The predicted octanol–water partition coefficient (Wildman–Crippen LogP) is 2.55. The Hall–Kier alpha value is -0.920. The second-order valence-corrected chi connectivity index (χ2v) is 11.1. The Kier molecular flexibility index (Phi) is 4.79. The summed E-state index contributed by atoms with van der Waals surface area (Å²) in [6.45, 7) is 14.8. The number of H-pyrrole nitrogens is 1. The summed E-state index contributed by atoms with van der Waals surface area (Å²) in [4.78, 5) is 2.90. The lowest BCUT2D eigenvalue weighted by atomic mass is 9.78. The van der Waals surface area contributed by atoms with Crippen LogP contribution in [-0.2, 0) is 10.0 Å². The van der Waals surface area contributed by atoms with E-state index >= 15 is 0 Å². The zero-order chi connectivity index (χ0) is 18.5. The minimum absolute atomic E-state index is 0.113. The Morgan fingerprint density at radius 2 is 1.88 bits per heavy atom. The number of nitrogens with one attached hydrogen (secondary N) is 1. The summed E-state index contributed by atoms with van der Waals surface area (Å²) in [5.74, 6) is 0. The molecule has 1 N–H and O–H groups in total. The number of hydrogen-bond acceptors (Lipinski definition) is 4. The van der Waals surface area contributed by atoms with Crippen molar-refractivity contribution in [1.29, 1.82) is 0 Å². The molecule has 0 aromatic carbocycles. The highest BCUT2D eigenvalue weighted by atomic mass is 32.2. The number of piperidine rings is 1. The largest absolute Gasteiger partial charge is 0.302 e. The molecule has 2 fully saturated rings. The van der Waals surface area contributed by atoms with E-state index in [-0.39, 0.29) is 10.8 Å². The zero-order valence-corrected chi connectivity index (χ0v) is 17.0. The molecule has 2 aliphatic rings. The first-order valence-electron chi connectivity index (χ1n) is 9.27. The van der Waals surface area contributed by atoms with Crippen molar-refractivity contribution in [3.05, 3.63) is 11.4 Å². The summed E-state index contributed by atoms with van der Waals surface area (Å²) in [5, 5.41) is 6.88. The lowest BCUT2D eigenvalue weighted by Crippen LogP contribution is -2.47. The molecule has 3 heterocycles. The number of nitrogens with zero attached hydrogens (tertiary/aromatic N) is 3. The summed E-state index contributed by atoms with van der Waals surface area (Å²) < 4.78 is 27.9. The third-order valence-electron chi connectivity index (χ3n) is 5.50. The Morgan fingerprint density at radius 1 is 1.16 bits per heavy atom. The Bertz CT molecular complexity index is 715. The van der Waals surface area contributed by atoms with E-state index in [1.807, 2.05) is 0 Å². The van der Waals surface area contributed by atoms with Crippen LogP contribution >= 0.6 is 0 Å². The molecule has 0 amide bonds. The molecule has 6 nitrogen and oxygen atoms in total. The average Bonchev–Trinajstić information content (AvgIpc) is 3.02. The van der Waals surface area contributed by atoms with Gasteiger partial charge in [0.25, 0.3) is 0 Å². The Labute approximate surface area is 152 Å². The molecular weight excluding hydrogens is 336 g/mol. The van der Waals surface area contributed by atoms with Gasteiger partial charge in [0.1, 0.15) is 4.90 Å². The van der Waals surface area contributed by atoms with Crippen LogP contribution in [0.5, 0.6) is 0 Å². The van der Waals surface area contributed by atoms with Gasteiger partial charge >= 0.3 is 0 Å². The highest BCUT2D eigenvalue weighted by Gasteiger charge is 2.46. The molecule has 25 heavy (non-hydrogen) atoms. The Balaban J connectivity index is 1.77. The van der Waals surface area contributed by atoms with Crippen LogP contribution in [0.2, 0.25) is 0 Å². The summed E-state index contributed by atoms with van der Waals surface area (Å²) >= 11 is 0. The van der Waals surface area contributed by atoms with Crippen molar-refractivity contribution in [3.63, 3.8) is 0 Å². The quantitative estimate of drug-likeness (QED) is 0.890. The number of aromatic nitrogens is 2. The first-order valence-corrected chi connectivity index (χ1v) is 10.7. The molecular formula is C18H32N4O2S. The molecule has 0 bridgehead atoms. The third-order valence-corrected chi connectivity index (χ3v) is 7.61. The minimum atomic E-state index is -3.46. The number of sulfonamides is 1. The maximum Gasteiger partial charge on any atom is 0.246 e. The van der Waals surface area contributed by atoms with Gasteiger partial charge < -0.3 is 4.90 Å². The molecule has 142 valence electrons. The van der Waals surface area contributed by atoms with E-state index in [9.17, 15) is 8.42 Å². The average molecular weight is 369 g/mol. The van der Waals surface area contributed by atoms with E-state index < -0.39 is 10.0 Å². The molecule has 3 rings (SSSR count). The van der Waals surface area contributed by atoms with Gasteiger partial charge in [-0.05, 0) is 50.5 Å². The van der Waals surface area contributed by atoms with Crippen molar-refractivity contribution in [1.82, 2.24) is 19.4 Å². The van der Waals surface area contributed by atoms with Crippen LogP contribution in [0.3, 0.4) is 0 Å². The third kappa shape index (κ3) is 3.78. The fourth-order valence-corrected chi connectivity index (χ4v) is 6.48. The molecule has 1 aromatic heterocycles. The van der Waals surface area contributed by atoms with E-state index in [1.54, 1.807) is 18.2 Å². The normalized spacial score (nSPS) is 26.6. The van der Waals surface area contributed by atoms with Gasteiger partial charge in [0.15, 0.2) is 0 Å². The number of aryl methyl sites for hydroxylation is 2. The number of aromatic amines is 1. The lowest BCUT2D eigenvalue weighted by Gasteiger charge is -2.42. The molecule has 7 heteroatoms. The van der Waals surface area contributed by atoms with Gasteiger partial charge in [-0.3, -0.25) is 5.10 Å². The van der Waals surface area contributed by atoms with Crippen molar-refractivity contribution in [2.24, 2.45) is 10.8 Å². The highest BCUT2D eigenvalue weighted by molar-refractivity contribution is 7.89. The van der Waals surface area contributed by atoms with Crippen molar-refractivity contribution < 1.29 is 8.42 Å². The van der Waals surface area contributed by atoms with E-state index in [0.717, 1.165) is 38.9 Å². The van der Waals surface area contributed by atoms with Gasteiger partial charge in [0.2, 0.25) is 10.0 Å². The molecule has 2 aliphatic heterocycles. The maximum atomic E-state index is 13.1. The lowest BCUT2D eigenvalue weighted by molar-refractivity contribution is 0.0723. The van der Waals surface area contributed by atoms with Crippen LogP contribution in [-0.4, -0.2) is 60.5 Å². The number of rotatable bonds is 3. The van der Waals surface area contributed by atoms with E-state index in [4.69, 9.17) is 0 Å². The van der Waals surface area contributed by atoms with Crippen molar-refractivity contribution in [2.75, 3.05) is 32.7 Å². The summed E-state index contributed by atoms with van der Waals surface area (Å²) in [6, 6.07) is 0. The minimum Gasteiger partial charge on any atom is -0.302 e. The fraction of sp³-hybridized carbons (Fsp3) is 0.833. The van der Waals surface area contributed by atoms with E-state index in [2.05, 4.69) is 35.9 Å². The van der Waals surface area contributed by atoms with Crippen molar-refractivity contribution in [3.8, 4) is 0 Å². The topological polar surface area (TPSA) is 69.3 Å². The SMILES string of the molecule is Cc1n[nH]c(C)c1S(=O)(=O)N1CCC2(CCCN(CC(C)(C)C)C2)C1. The molecule has 1 unspecified atom stereocenters. The first kappa shape index (κ1) is 18.9. The fourth-order valence-electron chi connectivity index (χ4n) is 4.60. The summed E-state index contributed by atoms with van der Waals surface area (Å²) in [5.41, 5.74) is 1.59. The van der Waals surface area contributed by atoms with Gasteiger partial charge in [0.05, 0.1) is 11.4 Å². The van der Waals surface area contributed by atoms with Crippen molar-refractivity contribution in [2.45, 2.75) is 58.8 Å². The van der Waals surface area contributed by atoms with Gasteiger partial charge in [-0.2, -0.15) is 9.40 Å². The number of hydrogen-bond donors (Lipinski definition) is 1. The van der Waals surface area contributed by atoms with Crippen LogP contribution in [0.1, 0.15) is 51.4 Å². The number of likely N-dealkylation sites (tertiary alicyclic amines) is 1. The summed E-state index contributed by atoms with van der Waals surface area (Å²) in [7, 11) is -3.46. The molecule has 0 aliphatic carbocycles. The Morgan fingerprint density at radius 3 is 2.48 bits per heavy atom. The van der Waals surface area contributed by atoms with Crippen molar-refractivity contribution >= 4 is 10.0 Å². The smallest absolute Gasteiger partial charge is 0.246 e. The van der Waals surface area contributed by atoms with Crippen LogP contribution in [0.4, 0.5) is 0 Å². The van der Waals surface area contributed by atoms with Gasteiger partial charge in [-0.1, -0.05) is 20.8 Å². The predicted molar refractivity (Wildman–Crippen MR) is 99.0 cm³/mol. The monoisotopic (exact) mass is 368 g/mol. The summed E-state index contributed by atoms with van der Waals surface area (Å²) in [6.07, 6.45) is 3.25. The van der Waals surface area contributed by atoms with Crippen LogP contribution in [0.25, 0.3) is 0 Å². The highest BCUT2D eigenvalue weighted by Crippen LogP contribution is 2.41. The standard InChI is InChI=1S/C18H32N4O2S/c1-14-16(15(2)20-19-14)25(23,24)22-10-8-18(13-22)7-6-9-21(12-18)11-17(3,4)5/h6-13H2,1-5H3,(H,19,20). The second-order valence-electron chi connectivity index (χ2n) is 9.23. The molecule has 0 radical (unpaired) electrons. The molecule has 1 atom stereocenters. The van der Waals surface area contributed by atoms with Gasteiger partial charge in [0, 0.05) is 26.2 Å². The zero-order valence-electron chi connectivity index (χ0n) is 16.2. The van der Waals surface area contributed by atoms with E-state index in [1.165, 1.54) is 0 Å². The molecule has 0 saturated carbocycles.